The number of halogens is 3. The zero-order valence-corrected chi connectivity index (χ0v) is 19.6. The fourth-order valence-electron chi connectivity index (χ4n) is 4.04. The summed E-state index contributed by atoms with van der Waals surface area (Å²) >= 11 is 12.2. The molecule has 2 aliphatic rings. The van der Waals surface area contributed by atoms with E-state index < -0.39 is 11.7 Å². The van der Waals surface area contributed by atoms with Gasteiger partial charge in [-0.15, -0.1) is 0 Å². The summed E-state index contributed by atoms with van der Waals surface area (Å²) in [6, 6.07) is 8.82. The van der Waals surface area contributed by atoms with Gasteiger partial charge in [-0.3, -0.25) is 14.6 Å². The van der Waals surface area contributed by atoms with E-state index in [0.717, 1.165) is 62.3 Å². The summed E-state index contributed by atoms with van der Waals surface area (Å²) in [5.74, 6) is -0.795. The number of nitrogens with two attached hydrogens (primary N) is 1. The zero-order valence-electron chi connectivity index (χ0n) is 18.1. The molecule has 2 aromatic carbocycles. The molecule has 0 atom stereocenters. The van der Waals surface area contributed by atoms with Crippen LogP contribution in [-0.4, -0.2) is 41.9 Å². The number of nitrogens with zero attached hydrogens (tertiary/aromatic N) is 2. The van der Waals surface area contributed by atoms with Crippen LogP contribution in [0.2, 0.25) is 10.0 Å². The van der Waals surface area contributed by atoms with Crippen LogP contribution in [0.1, 0.15) is 59.7 Å². The van der Waals surface area contributed by atoms with Crippen molar-refractivity contribution in [1.29, 1.82) is 0 Å². The lowest BCUT2D eigenvalue weighted by Crippen LogP contribution is -2.45. The van der Waals surface area contributed by atoms with Gasteiger partial charge in [-0.25, -0.2) is 4.39 Å². The van der Waals surface area contributed by atoms with E-state index in [0.29, 0.717) is 22.5 Å². The number of hydrogen-bond acceptors (Lipinski definition) is 3. The minimum atomic E-state index is -0.703. The molecule has 1 aliphatic carbocycles. The third-order valence-electron chi connectivity index (χ3n) is 5.70. The first-order valence-corrected chi connectivity index (χ1v) is 11.7. The summed E-state index contributed by atoms with van der Waals surface area (Å²) < 4.78 is 14.3. The second-order valence-corrected chi connectivity index (χ2v) is 8.87. The van der Waals surface area contributed by atoms with E-state index in [1.165, 1.54) is 6.07 Å². The number of carbonyl (C=O) groups is 1. The van der Waals surface area contributed by atoms with Crippen LogP contribution in [0.25, 0.3) is 0 Å². The molecule has 4 rings (SSSR count). The minimum absolute atomic E-state index is 0.000604. The Labute approximate surface area is 194 Å². The van der Waals surface area contributed by atoms with Gasteiger partial charge in [0.2, 0.25) is 0 Å². The van der Waals surface area contributed by atoms with Crippen LogP contribution in [0.4, 0.5) is 4.39 Å². The fourth-order valence-corrected chi connectivity index (χ4v) is 4.61. The smallest absolute Gasteiger partial charge is 0.251 e. The van der Waals surface area contributed by atoms with Gasteiger partial charge in [-0.05, 0) is 65.8 Å². The highest BCUT2D eigenvalue weighted by molar-refractivity contribution is 6.34. The van der Waals surface area contributed by atoms with E-state index in [-0.39, 0.29) is 5.56 Å². The van der Waals surface area contributed by atoms with Gasteiger partial charge in [-0.1, -0.05) is 37.0 Å². The molecule has 168 valence electrons. The van der Waals surface area contributed by atoms with Gasteiger partial charge < -0.3 is 5.73 Å². The van der Waals surface area contributed by atoms with Crippen molar-refractivity contribution in [3.63, 3.8) is 0 Å². The van der Waals surface area contributed by atoms with E-state index in [1.807, 2.05) is 26.0 Å². The maximum atomic E-state index is 14.3. The number of primary amides is 1. The Bertz CT molecular complexity index is 905. The Morgan fingerprint density at radius 3 is 2.03 bits per heavy atom. The SMILES string of the molecule is CC.NC(=O)c1cc(C2CC2)c(CN2CCN(Cc3cc(Cl)cc(Cl)c3)CC2)cc1F. The number of rotatable bonds is 6. The Kier molecular flexibility index (Phi) is 8.34. The van der Waals surface area contributed by atoms with Gasteiger partial charge in [-0.2, -0.15) is 0 Å². The maximum Gasteiger partial charge on any atom is 0.251 e. The maximum absolute atomic E-state index is 14.3. The summed E-state index contributed by atoms with van der Waals surface area (Å²) in [7, 11) is 0. The highest BCUT2D eigenvalue weighted by Gasteiger charge is 2.29. The molecule has 2 aromatic rings. The van der Waals surface area contributed by atoms with Crippen LogP contribution < -0.4 is 5.73 Å². The van der Waals surface area contributed by atoms with E-state index in [9.17, 15) is 9.18 Å². The molecule has 2 N–H and O–H groups in total. The van der Waals surface area contributed by atoms with Crippen molar-refractivity contribution in [1.82, 2.24) is 9.80 Å². The van der Waals surface area contributed by atoms with E-state index >= 15 is 0 Å². The van der Waals surface area contributed by atoms with Crippen LogP contribution in [-0.2, 0) is 13.1 Å². The molecule has 1 saturated carbocycles. The normalized spacial score (nSPS) is 17.2. The quantitative estimate of drug-likeness (QED) is 0.616. The van der Waals surface area contributed by atoms with Crippen molar-refractivity contribution >= 4 is 29.1 Å². The first-order chi connectivity index (χ1) is 14.9. The molecule has 1 saturated heterocycles. The lowest BCUT2D eigenvalue weighted by atomic mass is 9.98. The molecule has 0 unspecified atom stereocenters. The highest BCUT2D eigenvalue weighted by atomic mass is 35.5. The lowest BCUT2D eigenvalue weighted by molar-refractivity contribution is 0.0996. The highest BCUT2D eigenvalue weighted by Crippen LogP contribution is 2.42. The molecule has 0 aromatic heterocycles. The summed E-state index contributed by atoms with van der Waals surface area (Å²) in [4.78, 5) is 16.2. The van der Waals surface area contributed by atoms with E-state index in [2.05, 4.69) is 9.80 Å². The summed E-state index contributed by atoms with van der Waals surface area (Å²) in [6.07, 6.45) is 2.18. The fraction of sp³-hybridized carbons (Fsp3) is 0.458. The molecule has 1 aliphatic heterocycles. The van der Waals surface area contributed by atoms with Gasteiger partial charge in [0.05, 0.1) is 5.56 Å². The van der Waals surface area contributed by atoms with Crippen molar-refractivity contribution in [3.8, 4) is 0 Å². The molecule has 0 spiro atoms. The zero-order chi connectivity index (χ0) is 22.5. The summed E-state index contributed by atoms with van der Waals surface area (Å²) in [5, 5.41) is 1.31. The van der Waals surface area contributed by atoms with E-state index in [1.54, 1.807) is 12.1 Å². The Hall–Kier alpha value is -1.66. The van der Waals surface area contributed by atoms with Crippen molar-refractivity contribution in [2.45, 2.75) is 45.7 Å². The minimum Gasteiger partial charge on any atom is -0.366 e. The number of hydrogen-bond donors (Lipinski definition) is 1. The molecular weight excluding hydrogens is 436 g/mol. The van der Waals surface area contributed by atoms with Crippen molar-refractivity contribution in [2.24, 2.45) is 5.73 Å². The summed E-state index contributed by atoms with van der Waals surface area (Å²) in [6.45, 7) is 9.15. The largest absolute Gasteiger partial charge is 0.366 e. The van der Waals surface area contributed by atoms with Gasteiger partial charge >= 0.3 is 0 Å². The molecule has 7 heteroatoms. The Morgan fingerprint density at radius 1 is 0.968 bits per heavy atom. The molecule has 0 radical (unpaired) electrons. The number of amides is 1. The molecule has 1 amide bonds. The van der Waals surface area contributed by atoms with Crippen molar-refractivity contribution in [3.05, 3.63) is 68.4 Å². The molecule has 31 heavy (non-hydrogen) atoms. The first kappa shape index (κ1) is 24.0. The molecule has 4 nitrogen and oxygen atoms in total. The monoisotopic (exact) mass is 465 g/mol. The van der Waals surface area contributed by atoms with Crippen molar-refractivity contribution in [2.75, 3.05) is 26.2 Å². The van der Waals surface area contributed by atoms with E-state index in [4.69, 9.17) is 28.9 Å². The van der Waals surface area contributed by atoms with Gasteiger partial charge in [0.25, 0.3) is 5.91 Å². The average Bonchev–Trinajstić information content (AvgIpc) is 3.55. The third-order valence-corrected chi connectivity index (χ3v) is 6.14. The second kappa shape index (κ2) is 10.8. The Morgan fingerprint density at radius 2 is 1.52 bits per heavy atom. The number of benzene rings is 2. The van der Waals surface area contributed by atoms with Gasteiger partial charge in [0.1, 0.15) is 5.82 Å². The lowest BCUT2D eigenvalue weighted by Gasteiger charge is -2.35. The predicted molar refractivity (Wildman–Crippen MR) is 125 cm³/mol. The third kappa shape index (κ3) is 6.42. The van der Waals surface area contributed by atoms with Crippen LogP contribution in [0.15, 0.2) is 30.3 Å². The molecule has 1 heterocycles. The molecule has 2 fully saturated rings. The molecular formula is C24H30Cl2FN3O. The topological polar surface area (TPSA) is 49.6 Å². The first-order valence-electron chi connectivity index (χ1n) is 10.9. The number of carbonyl (C=O) groups excluding carboxylic acids is 1. The van der Waals surface area contributed by atoms with Crippen LogP contribution >= 0.6 is 23.2 Å². The Balaban J connectivity index is 0.00000132. The van der Waals surface area contributed by atoms with Crippen molar-refractivity contribution < 1.29 is 9.18 Å². The van der Waals surface area contributed by atoms with Gasteiger partial charge in [0, 0.05) is 49.3 Å². The predicted octanol–water partition coefficient (Wildman–Crippen LogP) is 5.45. The van der Waals surface area contributed by atoms with Crippen LogP contribution in [0.3, 0.4) is 0 Å². The van der Waals surface area contributed by atoms with Gasteiger partial charge in [0.15, 0.2) is 0 Å². The van der Waals surface area contributed by atoms with Crippen LogP contribution in [0, 0.1) is 5.82 Å². The summed E-state index contributed by atoms with van der Waals surface area (Å²) in [5.41, 5.74) is 8.49. The number of piperazine rings is 1. The second-order valence-electron chi connectivity index (χ2n) is 8.00. The average molecular weight is 466 g/mol. The molecule has 0 bridgehead atoms. The van der Waals surface area contributed by atoms with Crippen LogP contribution in [0.5, 0.6) is 0 Å². The standard InChI is InChI=1S/C22H24Cl2FN3O.C2H6/c23-17-7-14(8-18(24)10-17)12-27-3-5-28(6-4-27)13-16-9-21(25)20(22(26)29)11-19(16)15-1-2-15;1-2/h7-11,15H,1-6,12-13H2,(H2,26,29);1-2H3.